The number of aryl methyl sites for hydroxylation is 1. The maximum Gasteiger partial charge on any atom is 0.219 e. The highest BCUT2D eigenvalue weighted by molar-refractivity contribution is 6.35. The Labute approximate surface area is 166 Å². The number of benzene rings is 1. The molecule has 0 radical (unpaired) electrons. The summed E-state index contributed by atoms with van der Waals surface area (Å²) in [5.41, 5.74) is 1.79. The van der Waals surface area contributed by atoms with Gasteiger partial charge in [0, 0.05) is 23.8 Å². The Balaban J connectivity index is 1.57. The van der Waals surface area contributed by atoms with Crippen LogP contribution >= 0.6 is 34.8 Å². The molecule has 3 rings (SSSR count). The van der Waals surface area contributed by atoms with Gasteiger partial charge in [0.2, 0.25) is 5.88 Å². The first kappa shape index (κ1) is 18.7. The summed E-state index contributed by atoms with van der Waals surface area (Å²) in [7, 11) is 0. The molecule has 134 valence electrons. The van der Waals surface area contributed by atoms with E-state index in [0.29, 0.717) is 39.1 Å². The van der Waals surface area contributed by atoms with Crippen molar-refractivity contribution in [1.29, 1.82) is 0 Å². The number of ether oxygens (including phenoxy) is 1. The number of anilines is 1. The SMILES string of the molecule is Cc1ncnc(NCCc2ccc(Oc3ccc(Cl)cc3Cl)nc2)c1Cl. The van der Waals surface area contributed by atoms with Crippen molar-refractivity contribution < 1.29 is 4.74 Å². The summed E-state index contributed by atoms with van der Waals surface area (Å²) >= 11 is 18.1. The third-order valence-electron chi connectivity index (χ3n) is 3.58. The van der Waals surface area contributed by atoms with E-state index in [1.165, 1.54) is 6.33 Å². The van der Waals surface area contributed by atoms with E-state index >= 15 is 0 Å². The second kappa shape index (κ2) is 8.54. The van der Waals surface area contributed by atoms with Gasteiger partial charge in [-0.05, 0) is 37.1 Å². The maximum atomic E-state index is 6.16. The lowest BCUT2D eigenvalue weighted by atomic mass is 10.2. The molecular formula is C18H15Cl3N4O. The Hall–Kier alpha value is -2.08. The Bertz CT molecular complexity index is 903. The van der Waals surface area contributed by atoms with Gasteiger partial charge in [-0.1, -0.05) is 40.9 Å². The second-order valence-electron chi connectivity index (χ2n) is 5.48. The number of hydrogen-bond donors (Lipinski definition) is 1. The first-order valence-electron chi connectivity index (χ1n) is 7.82. The summed E-state index contributed by atoms with van der Waals surface area (Å²) in [6, 6.07) is 8.78. The van der Waals surface area contributed by atoms with Crippen molar-refractivity contribution in [3.05, 3.63) is 69.2 Å². The number of nitrogens with zero attached hydrogens (tertiary/aromatic N) is 3. The van der Waals surface area contributed by atoms with Crippen molar-refractivity contribution in [3.8, 4) is 11.6 Å². The fraction of sp³-hybridized carbons (Fsp3) is 0.167. The monoisotopic (exact) mass is 408 g/mol. The quantitative estimate of drug-likeness (QED) is 0.575. The molecule has 0 saturated carbocycles. The van der Waals surface area contributed by atoms with Crippen LogP contribution in [0.1, 0.15) is 11.3 Å². The molecule has 0 fully saturated rings. The number of aromatic nitrogens is 3. The average molecular weight is 410 g/mol. The summed E-state index contributed by atoms with van der Waals surface area (Å²) in [5, 5.41) is 4.72. The zero-order valence-corrected chi connectivity index (χ0v) is 16.1. The number of rotatable bonds is 6. The van der Waals surface area contributed by atoms with E-state index in [0.717, 1.165) is 17.7 Å². The summed E-state index contributed by atoms with van der Waals surface area (Å²) in [6.45, 7) is 2.51. The minimum absolute atomic E-state index is 0.435. The Kier molecular flexibility index (Phi) is 6.14. The lowest BCUT2D eigenvalue weighted by Gasteiger charge is -2.09. The molecule has 0 atom stereocenters. The Morgan fingerprint density at radius 3 is 2.62 bits per heavy atom. The van der Waals surface area contributed by atoms with E-state index in [2.05, 4.69) is 20.3 Å². The second-order valence-corrected chi connectivity index (χ2v) is 6.70. The predicted octanol–water partition coefficient (Wildman–Crippen LogP) is 5.59. The standard InChI is InChI=1S/C18H15Cl3N4O/c1-11-17(21)18(25-10-24-11)22-7-6-12-2-5-16(23-9-12)26-15-4-3-13(19)8-14(15)20/h2-5,8-10H,6-7H2,1H3,(H,22,24,25). The molecule has 5 nitrogen and oxygen atoms in total. The summed E-state index contributed by atoms with van der Waals surface area (Å²) in [5.74, 6) is 1.59. The van der Waals surface area contributed by atoms with Crippen molar-refractivity contribution >= 4 is 40.6 Å². The van der Waals surface area contributed by atoms with Crippen LogP contribution < -0.4 is 10.1 Å². The molecule has 0 aliphatic heterocycles. The van der Waals surface area contributed by atoms with Gasteiger partial charge in [0.05, 0.1) is 10.7 Å². The molecule has 3 aromatic rings. The van der Waals surface area contributed by atoms with Gasteiger partial charge in [-0.2, -0.15) is 0 Å². The minimum Gasteiger partial charge on any atom is -0.437 e. The largest absolute Gasteiger partial charge is 0.437 e. The molecule has 26 heavy (non-hydrogen) atoms. The highest BCUT2D eigenvalue weighted by Crippen LogP contribution is 2.30. The Morgan fingerprint density at radius 1 is 1.04 bits per heavy atom. The van der Waals surface area contributed by atoms with E-state index in [1.807, 2.05) is 13.0 Å². The molecule has 1 aromatic carbocycles. The number of hydrogen-bond acceptors (Lipinski definition) is 5. The van der Waals surface area contributed by atoms with Crippen LogP contribution in [0.3, 0.4) is 0 Å². The topological polar surface area (TPSA) is 59.9 Å². The van der Waals surface area contributed by atoms with Crippen LogP contribution in [-0.4, -0.2) is 21.5 Å². The minimum atomic E-state index is 0.435. The van der Waals surface area contributed by atoms with Gasteiger partial charge in [0.25, 0.3) is 0 Å². The predicted molar refractivity (Wildman–Crippen MR) is 105 cm³/mol. The summed E-state index contributed by atoms with van der Waals surface area (Å²) in [4.78, 5) is 12.5. The van der Waals surface area contributed by atoms with Gasteiger partial charge < -0.3 is 10.1 Å². The third-order valence-corrected chi connectivity index (χ3v) is 4.56. The van der Waals surface area contributed by atoms with Crippen LogP contribution in [0.2, 0.25) is 15.1 Å². The maximum absolute atomic E-state index is 6.16. The van der Waals surface area contributed by atoms with Crippen molar-refractivity contribution in [3.63, 3.8) is 0 Å². The highest BCUT2D eigenvalue weighted by Gasteiger charge is 2.07. The smallest absolute Gasteiger partial charge is 0.219 e. The first-order chi connectivity index (χ1) is 12.5. The Morgan fingerprint density at radius 2 is 1.88 bits per heavy atom. The molecule has 0 unspecified atom stereocenters. The van der Waals surface area contributed by atoms with Gasteiger partial charge in [-0.25, -0.2) is 15.0 Å². The van der Waals surface area contributed by atoms with E-state index in [1.54, 1.807) is 30.5 Å². The van der Waals surface area contributed by atoms with E-state index in [-0.39, 0.29) is 0 Å². The molecule has 0 amide bonds. The first-order valence-corrected chi connectivity index (χ1v) is 8.95. The zero-order valence-electron chi connectivity index (χ0n) is 13.8. The molecule has 0 saturated heterocycles. The highest BCUT2D eigenvalue weighted by atomic mass is 35.5. The zero-order chi connectivity index (χ0) is 18.5. The molecular weight excluding hydrogens is 395 g/mol. The fourth-order valence-electron chi connectivity index (χ4n) is 2.20. The van der Waals surface area contributed by atoms with Crippen LogP contribution in [0.4, 0.5) is 5.82 Å². The van der Waals surface area contributed by atoms with Crippen LogP contribution in [0, 0.1) is 6.92 Å². The van der Waals surface area contributed by atoms with Crippen molar-refractivity contribution in [1.82, 2.24) is 15.0 Å². The molecule has 1 N–H and O–H groups in total. The van der Waals surface area contributed by atoms with Gasteiger partial charge in [0.15, 0.2) is 0 Å². The van der Waals surface area contributed by atoms with Gasteiger partial charge in [-0.15, -0.1) is 0 Å². The van der Waals surface area contributed by atoms with Crippen LogP contribution in [0.25, 0.3) is 0 Å². The normalized spacial score (nSPS) is 10.6. The van der Waals surface area contributed by atoms with Gasteiger partial charge in [0.1, 0.15) is 22.9 Å². The molecule has 0 aliphatic carbocycles. The van der Waals surface area contributed by atoms with Crippen LogP contribution in [0.5, 0.6) is 11.6 Å². The van der Waals surface area contributed by atoms with Crippen LogP contribution in [-0.2, 0) is 6.42 Å². The van der Waals surface area contributed by atoms with Gasteiger partial charge in [-0.3, -0.25) is 0 Å². The number of nitrogens with one attached hydrogen (secondary N) is 1. The lowest BCUT2D eigenvalue weighted by Crippen LogP contribution is -2.08. The number of halogens is 3. The summed E-state index contributed by atoms with van der Waals surface area (Å²) in [6.07, 6.45) is 4.00. The average Bonchev–Trinajstić information content (AvgIpc) is 2.62. The van der Waals surface area contributed by atoms with Crippen molar-refractivity contribution in [2.45, 2.75) is 13.3 Å². The molecule has 2 heterocycles. The third kappa shape index (κ3) is 4.75. The van der Waals surface area contributed by atoms with Crippen molar-refractivity contribution in [2.75, 3.05) is 11.9 Å². The van der Waals surface area contributed by atoms with E-state index in [9.17, 15) is 0 Å². The van der Waals surface area contributed by atoms with E-state index in [4.69, 9.17) is 39.5 Å². The number of pyridine rings is 1. The molecule has 2 aromatic heterocycles. The fourth-order valence-corrected chi connectivity index (χ4v) is 2.81. The molecule has 8 heteroatoms. The van der Waals surface area contributed by atoms with Gasteiger partial charge >= 0.3 is 0 Å². The van der Waals surface area contributed by atoms with Crippen LogP contribution in [0.15, 0.2) is 42.9 Å². The molecule has 0 spiro atoms. The summed E-state index contributed by atoms with van der Waals surface area (Å²) < 4.78 is 5.67. The van der Waals surface area contributed by atoms with Crippen molar-refractivity contribution in [2.24, 2.45) is 0 Å². The molecule has 0 bridgehead atoms. The van der Waals surface area contributed by atoms with E-state index < -0.39 is 0 Å². The molecule has 0 aliphatic rings. The lowest BCUT2D eigenvalue weighted by molar-refractivity contribution is 0.463.